The van der Waals surface area contributed by atoms with Crippen LogP contribution in [-0.4, -0.2) is 42.3 Å². The lowest BCUT2D eigenvalue weighted by atomic mass is 9.98. The number of unbranched alkanes of at least 4 members (excludes halogenated alkanes) is 1. The normalized spacial score (nSPS) is 19.0. The summed E-state index contributed by atoms with van der Waals surface area (Å²) < 4.78 is 5.55. The SMILES string of the molecule is CCCC[C@@H](CC(=O)O)NC(=O)C1CC1CNC(=O)OCC1c2ccccc2-c2ccccc21. The van der Waals surface area contributed by atoms with Crippen LogP contribution in [0.15, 0.2) is 48.5 Å². The first-order valence-electron chi connectivity index (χ1n) is 12.1. The molecular formula is C27H32N2O5. The molecule has 2 aromatic carbocycles. The Bertz CT molecular complexity index is 1010. The molecular weight excluding hydrogens is 432 g/mol. The highest BCUT2D eigenvalue weighted by Gasteiger charge is 2.43. The molecule has 0 bridgehead atoms. The molecule has 1 fully saturated rings. The summed E-state index contributed by atoms with van der Waals surface area (Å²) in [5.74, 6) is -1.16. The van der Waals surface area contributed by atoms with Gasteiger partial charge < -0.3 is 20.5 Å². The summed E-state index contributed by atoms with van der Waals surface area (Å²) in [7, 11) is 0. The largest absolute Gasteiger partial charge is 0.481 e. The predicted molar refractivity (Wildman–Crippen MR) is 128 cm³/mol. The number of carbonyl (C=O) groups is 3. The van der Waals surface area contributed by atoms with Crippen molar-refractivity contribution < 1.29 is 24.2 Å². The van der Waals surface area contributed by atoms with Crippen LogP contribution >= 0.6 is 0 Å². The van der Waals surface area contributed by atoms with Gasteiger partial charge in [0.05, 0.1) is 6.42 Å². The lowest BCUT2D eigenvalue weighted by molar-refractivity contribution is -0.137. The van der Waals surface area contributed by atoms with E-state index in [-0.39, 0.29) is 42.7 Å². The molecule has 2 unspecified atom stereocenters. The van der Waals surface area contributed by atoms with Crippen LogP contribution in [0, 0.1) is 11.8 Å². The quantitative estimate of drug-likeness (QED) is 0.460. The van der Waals surface area contributed by atoms with Gasteiger partial charge in [-0.1, -0.05) is 68.3 Å². The van der Waals surface area contributed by atoms with Crippen LogP contribution in [0.4, 0.5) is 4.79 Å². The Morgan fingerprint density at radius 1 is 1.06 bits per heavy atom. The Morgan fingerprint density at radius 2 is 1.71 bits per heavy atom. The number of hydrogen-bond acceptors (Lipinski definition) is 4. The molecule has 2 aromatic rings. The minimum atomic E-state index is -0.911. The molecule has 34 heavy (non-hydrogen) atoms. The molecule has 0 aliphatic heterocycles. The minimum Gasteiger partial charge on any atom is -0.481 e. The number of ether oxygens (including phenoxy) is 1. The first-order chi connectivity index (χ1) is 16.5. The van der Waals surface area contributed by atoms with E-state index in [1.807, 2.05) is 31.2 Å². The highest BCUT2D eigenvalue weighted by atomic mass is 16.5. The molecule has 2 aliphatic rings. The van der Waals surface area contributed by atoms with E-state index in [0.29, 0.717) is 19.4 Å². The molecule has 0 saturated heterocycles. The van der Waals surface area contributed by atoms with Crippen LogP contribution in [0.25, 0.3) is 11.1 Å². The number of carbonyl (C=O) groups excluding carboxylic acids is 2. The van der Waals surface area contributed by atoms with E-state index in [4.69, 9.17) is 9.84 Å². The summed E-state index contributed by atoms with van der Waals surface area (Å²) in [4.78, 5) is 35.9. The number of aliphatic carboxylic acids is 1. The maximum absolute atomic E-state index is 12.5. The van der Waals surface area contributed by atoms with Crippen LogP contribution in [0.3, 0.4) is 0 Å². The summed E-state index contributed by atoms with van der Waals surface area (Å²) in [6.45, 7) is 2.65. The molecule has 7 nitrogen and oxygen atoms in total. The molecule has 2 amide bonds. The molecule has 0 spiro atoms. The fourth-order valence-corrected chi connectivity index (χ4v) is 4.85. The fourth-order valence-electron chi connectivity index (χ4n) is 4.85. The molecule has 0 radical (unpaired) electrons. The van der Waals surface area contributed by atoms with Crippen LogP contribution < -0.4 is 10.6 Å². The highest BCUT2D eigenvalue weighted by molar-refractivity contribution is 5.82. The second kappa shape index (κ2) is 10.7. The standard InChI is InChI=1S/C27H32N2O5/c1-2-3-8-18(14-25(30)31)29-26(32)23-13-17(23)15-28-27(33)34-16-24-21-11-6-4-9-19(21)20-10-5-7-12-22(20)24/h4-7,9-12,17-18,23-24H,2-3,8,13-16H2,1H3,(H,28,33)(H,29,32)(H,30,31)/t17?,18-,23?/m0/s1. The van der Waals surface area contributed by atoms with Gasteiger partial charge in [0.1, 0.15) is 6.61 Å². The van der Waals surface area contributed by atoms with E-state index in [9.17, 15) is 14.4 Å². The summed E-state index contributed by atoms with van der Waals surface area (Å²) in [6.07, 6.45) is 2.60. The highest BCUT2D eigenvalue weighted by Crippen LogP contribution is 2.44. The van der Waals surface area contributed by atoms with Crippen LogP contribution in [-0.2, 0) is 14.3 Å². The predicted octanol–water partition coefficient (Wildman–Crippen LogP) is 4.31. The molecule has 3 atom stereocenters. The lowest BCUT2D eigenvalue weighted by Gasteiger charge is -2.17. The average molecular weight is 465 g/mol. The van der Waals surface area contributed by atoms with Crippen molar-refractivity contribution in [3.63, 3.8) is 0 Å². The number of hydrogen-bond donors (Lipinski definition) is 3. The Hall–Kier alpha value is -3.35. The fraction of sp³-hybridized carbons (Fsp3) is 0.444. The minimum absolute atomic E-state index is 0.00638. The third-order valence-electron chi connectivity index (χ3n) is 6.79. The van der Waals surface area contributed by atoms with E-state index >= 15 is 0 Å². The zero-order valence-corrected chi connectivity index (χ0v) is 19.5. The maximum atomic E-state index is 12.5. The number of amides is 2. The zero-order valence-electron chi connectivity index (χ0n) is 19.5. The third-order valence-corrected chi connectivity index (χ3v) is 6.79. The molecule has 0 aromatic heterocycles. The topological polar surface area (TPSA) is 105 Å². The molecule has 1 saturated carbocycles. The van der Waals surface area contributed by atoms with Gasteiger partial charge in [0.25, 0.3) is 0 Å². The van der Waals surface area contributed by atoms with Crippen LogP contribution in [0.2, 0.25) is 0 Å². The Kier molecular flexibility index (Phi) is 7.50. The van der Waals surface area contributed by atoms with E-state index in [1.54, 1.807) is 0 Å². The first-order valence-corrected chi connectivity index (χ1v) is 12.1. The van der Waals surface area contributed by atoms with E-state index in [1.165, 1.54) is 11.1 Å². The van der Waals surface area contributed by atoms with E-state index in [0.717, 1.165) is 24.0 Å². The lowest BCUT2D eigenvalue weighted by Crippen LogP contribution is -2.38. The summed E-state index contributed by atoms with van der Waals surface area (Å²) in [5.41, 5.74) is 4.68. The Balaban J connectivity index is 1.23. The van der Waals surface area contributed by atoms with Crippen molar-refractivity contribution in [2.75, 3.05) is 13.2 Å². The van der Waals surface area contributed by atoms with Crippen molar-refractivity contribution in [3.8, 4) is 11.1 Å². The van der Waals surface area contributed by atoms with Crippen molar-refractivity contribution in [2.45, 2.75) is 51.0 Å². The monoisotopic (exact) mass is 464 g/mol. The number of rotatable bonds is 11. The van der Waals surface area contributed by atoms with Crippen molar-refractivity contribution >= 4 is 18.0 Å². The van der Waals surface area contributed by atoms with Crippen molar-refractivity contribution in [3.05, 3.63) is 59.7 Å². The second-order valence-corrected chi connectivity index (χ2v) is 9.25. The molecule has 180 valence electrons. The number of carboxylic acid groups (broad SMARTS) is 1. The number of fused-ring (bicyclic) bond motifs is 3. The Morgan fingerprint density at radius 3 is 2.32 bits per heavy atom. The third kappa shape index (κ3) is 5.58. The summed E-state index contributed by atoms with van der Waals surface area (Å²) >= 11 is 0. The van der Waals surface area contributed by atoms with Crippen LogP contribution in [0.5, 0.6) is 0 Å². The molecule has 7 heteroatoms. The van der Waals surface area contributed by atoms with Crippen molar-refractivity contribution in [1.29, 1.82) is 0 Å². The van der Waals surface area contributed by atoms with E-state index < -0.39 is 12.1 Å². The first kappa shape index (κ1) is 23.8. The molecule has 3 N–H and O–H groups in total. The molecule has 2 aliphatic carbocycles. The van der Waals surface area contributed by atoms with Gasteiger partial charge >= 0.3 is 12.1 Å². The van der Waals surface area contributed by atoms with Gasteiger partial charge in [0.15, 0.2) is 0 Å². The summed E-state index contributed by atoms with van der Waals surface area (Å²) in [5, 5.41) is 14.7. The van der Waals surface area contributed by atoms with Crippen LogP contribution in [0.1, 0.15) is 56.1 Å². The second-order valence-electron chi connectivity index (χ2n) is 9.25. The van der Waals surface area contributed by atoms with Gasteiger partial charge in [-0.05, 0) is 41.0 Å². The molecule has 4 rings (SSSR count). The van der Waals surface area contributed by atoms with E-state index in [2.05, 4.69) is 34.9 Å². The van der Waals surface area contributed by atoms with Gasteiger partial charge in [0.2, 0.25) is 5.91 Å². The molecule has 0 heterocycles. The van der Waals surface area contributed by atoms with Gasteiger partial charge in [-0.15, -0.1) is 0 Å². The van der Waals surface area contributed by atoms with Gasteiger partial charge in [-0.25, -0.2) is 4.79 Å². The van der Waals surface area contributed by atoms with Gasteiger partial charge in [-0.3, -0.25) is 9.59 Å². The average Bonchev–Trinajstić information content (AvgIpc) is 3.55. The number of benzene rings is 2. The van der Waals surface area contributed by atoms with Crippen molar-refractivity contribution in [1.82, 2.24) is 10.6 Å². The van der Waals surface area contributed by atoms with Gasteiger partial charge in [0, 0.05) is 24.4 Å². The Labute approximate surface area is 199 Å². The number of nitrogens with one attached hydrogen (secondary N) is 2. The maximum Gasteiger partial charge on any atom is 0.407 e. The number of carboxylic acids is 1. The van der Waals surface area contributed by atoms with Gasteiger partial charge in [-0.2, -0.15) is 0 Å². The van der Waals surface area contributed by atoms with Crippen molar-refractivity contribution in [2.24, 2.45) is 11.8 Å². The number of alkyl carbamates (subject to hydrolysis) is 1. The smallest absolute Gasteiger partial charge is 0.407 e. The summed E-state index contributed by atoms with van der Waals surface area (Å²) in [6, 6.07) is 16.0. The zero-order chi connectivity index (χ0) is 24.1.